The molecule has 0 aromatic rings. The van der Waals surface area contributed by atoms with E-state index in [0.717, 1.165) is 0 Å². The van der Waals surface area contributed by atoms with Crippen molar-refractivity contribution >= 4 is 67.0 Å². The van der Waals surface area contributed by atoms with Gasteiger partial charge in [-0.3, -0.25) is 0 Å². The first kappa shape index (κ1) is 32.9. The summed E-state index contributed by atoms with van der Waals surface area (Å²) >= 11 is 0. The minimum Gasteiger partial charge on any atom is -0.448 e. The Morgan fingerprint density at radius 2 is 1.26 bits per heavy atom. The van der Waals surface area contributed by atoms with Gasteiger partial charge in [-0.05, 0) is 66.2 Å². The van der Waals surface area contributed by atoms with E-state index in [4.69, 9.17) is 14.2 Å². The van der Waals surface area contributed by atoms with Gasteiger partial charge in [-0.1, -0.05) is 23.3 Å². The maximum atomic E-state index is 12.9. The molecule has 0 aliphatic heterocycles. The molecular formula is C25H36O7S3. The average molecular weight is 545 g/mol. The van der Waals surface area contributed by atoms with Crippen LogP contribution in [0, 0.1) is 0 Å². The number of hydrogen-bond donors (Lipinski definition) is 1. The minimum absolute atomic E-state index is 0.0856. The van der Waals surface area contributed by atoms with E-state index < -0.39 is 36.2 Å². The van der Waals surface area contributed by atoms with Gasteiger partial charge < -0.3 is 19.3 Å². The second-order valence-corrected chi connectivity index (χ2v) is 13.6. The van der Waals surface area contributed by atoms with Crippen LogP contribution in [0.15, 0.2) is 35.3 Å². The largest absolute Gasteiger partial charge is 0.448 e. The maximum absolute atomic E-state index is 12.9. The van der Waals surface area contributed by atoms with Crippen LogP contribution in [-0.4, -0.2) is 95.0 Å². The van der Waals surface area contributed by atoms with Crippen molar-refractivity contribution < 1.29 is 33.7 Å². The smallest absolute Gasteiger partial charge is 0.353 e. The van der Waals surface area contributed by atoms with E-state index in [9.17, 15) is 19.5 Å². The van der Waals surface area contributed by atoms with Crippen LogP contribution < -0.4 is 0 Å². The summed E-state index contributed by atoms with van der Waals surface area (Å²) in [6.07, 6.45) is 2.23. The fraction of sp³-hybridized carbons (Fsp3) is 0.520. The maximum Gasteiger partial charge on any atom is 0.353 e. The molecule has 0 saturated heterocycles. The number of aliphatic hydroxyl groups is 1. The molecule has 0 saturated carbocycles. The van der Waals surface area contributed by atoms with Crippen LogP contribution in [-0.2, 0) is 28.6 Å². The second-order valence-electron chi connectivity index (χ2n) is 7.72. The Bertz CT molecular complexity index is 991. The molecule has 1 N–H and O–H groups in total. The summed E-state index contributed by atoms with van der Waals surface area (Å²) < 4.78 is 15.9. The van der Waals surface area contributed by atoms with Crippen LogP contribution in [0.1, 0.15) is 26.2 Å². The third kappa shape index (κ3) is 16.2. The molecule has 0 amide bonds. The van der Waals surface area contributed by atoms with Crippen molar-refractivity contribution in [1.82, 2.24) is 0 Å². The lowest BCUT2D eigenvalue weighted by Crippen LogP contribution is -2.38. The Hall–Kier alpha value is -2.11. The molecule has 7 nitrogen and oxygen atoms in total. The molecule has 35 heavy (non-hydrogen) atoms. The van der Waals surface area contributed by atoms with Crippen molar-refractivity contribution in [2.75, 3.05) is 36.0 Å². The van der Waals surface area contributed by atoms with E-state index in [0.29, 0.717) is 17.3 Å². The molecule has 6 unspecified atom stereocenters. The van der Waals surface area contributed by atoms with Gasteiger partial charge in [0, 0.05) is 19.8 Å². The first-order valence-corrected chi connectivity index (χ1v) is 16.5. The molecule has 0 heterocycles. The minimum atomic E-state index is -1.38. The normalized spacial score (nSPS) is 15.3. The number of carbonyl (C=O) groups is 3. The van der Waals surface area contributed by atoms with E-state index in [-0.39, 0.29) is 56.5 Å². The van der Waals surface area contributed by atoms with Crippen LogP contribution in [0.3, 0.4) is 0 Å². The summed E-state index contributed by atoms with van der Waals surface area (Å²) in [4.78, 5) is 38.0. The first-order chi connectivity index (χ1) is 16.4. The second kappa shape index (κ2) is 18.2. The average Bonchev–Trinajstić information content (AvgIpc) is 2.76. The lowest BCUT2D eigenvalue weighted by molar-refractivity contribution is -0.180. The van der Waals surface area contributed by atoms with E-state index in [1.165, 1.54) is 6.92 Å². The van der Waals surface area contributed by atoms with Crippen molar-refractivity contribution in [3.63, 3.8) is 0 Å². The Morgan fingerprint density at radius 1 is 0.800 bits per heavy atom. The van der Waals surface area contributed by atoms with Gasteiger partial charge in [-0.25, -0.2) is 14.4 Å². The monoisotopic (exact) mass is 544 g/mol. The van der Waals surface area contributed by atoms with Crippen molar-refractivity contribution in [2.24, 2.45) is 0 Å². The zero-order valence-corrected chi connectivity index (χ0v) is 23.4. The highest BCUT2D eigenvalue weighted by Crippen LogP contribution is 2.17. The Kier molecular flexibility index (Phi) is 17.1. The molecule has 0 aromatic heterocycles. The van der Waals surface area contributed by atoms with E-state index in [1.54, 1.807) is 0 Å². The number of hydrogen-bond acceptors (Lipinski definition) is 7. The highest BCUT2D eigenvalue weighted by Gasteiger charge is 2.32. The van der Waals surface area contributed by atoms with Gasteiger partial charge in [0.05, 0.1) is 0 Å². The lowest BCUT2D eigenvalue weighted by atomic mass is 10.2. The van der Waals surface area contributed by atoms with Crippen molar-refractivity contribution in [3.05, 3.63) is 35.3 Å². The van der Waals surface area contributed by atoms with Crippen LogP contribution in [0.4, 0.5) is 0 Å². The quantitative estimate of drug-likeness (QED) is 0.111. The number of carbonyl (C=O) groups excluding carboxylic acids is 3. The van der Waals surface area contributed by atoms with Crippen LogP contribution in [0.25, 0.3) is 0 Å². The summed E-state index contributed by atoms with van der Waals surface area (Å²) in [6.45, 7) is 4.82. The van der Waals surface area contributed by atoms with Crippen molar-refractivity contribution in [3.8, 4) is 0 Å². The number of aliphatic hydroxyl groups excluding tert-OH is 1. The van der Waals surface area contributed by atoms with Gasteiger partial charge in [-0.2, -0.15) is 31.5 Å². The first-order valence-electron chi connectivity index (χ1n) is 10.6. The number of ether oxygens (including phenoxy) is 3. The molecule has 0 aromatic carbocycles. The third-order valence-corrected chi connectivity index (χ3v) is 6.95. The van der Waals surface area contributed by atoms with E-state index >= 15 is 0 Å². The highest BCUT2D eigenvalue weighted by molar-refractivity contribution is 8.13. The number of rotatable bonds is 15. The standard InChI is InChI=1S/C25H36O7S3/c1-9-10-11-12-19(2)30-24(28)21(14-17-34(5)6)32-25(29)22(15-18-35(7)8)31-23(27)20(26)13-16-33(3)4/h20-22,26H,1,3,5,7,13-18H2,2,4,6,8H3. The third-order valence-electron chi connectivity index (χ3n) is 4.15. The Balaban J connectivity index is 5.65. The summed E-state index contributed by atoms with van der Waals surface area (Å²) in [5.41, 5.74) is 9.81. The van der Waals surface area contributed by atoms with Crippen molar-refractivity contribution in [2.45, 2.75) is 44.5 Å². The summed E-state index contributed by atoms with van der Waals surface area (Å²) in [5.74, 6) is 10.7. The molecule has 0 bridgehead atoms. The van der Waals surface area contributed by atoms with Gasteiger partial charge in [-0.15, -0.1) is 0 Å². The molecular weight excluding hydrogens is 508 g/mol. The van der Waals surface area contributed by atoms with E-state index in [2.05, 4.69) is 47.1 Å². The molecule has 0 aliphatic rings. The predicted molar refractivity (Wildman–Crippen MR) is 151 cm³/mol. The SMILES string of the molecule is C=C=C=C=C=C(C)OC(=O)C(CCS(=C)C)OC(=O)C(CCS(=C)C)OC(=O)C(O)CCS(=C)C. The number of esters is 3. The van der Waals surface area contributed by atoms with Gasteiger partial charge in [0.25, 0.3) is 0 Å². The summed E-state index contributed by atoms with van der Waals surface area (Å²) in [7, 11) is -0.756. The van der Waals surface area contributed by atoms with Gasteiger partial charge >= 0.3 is 17.9 Å². The molecule has 196 valence electrons. The van der Waals surface area contributed by atoms with E-state index in [1.807, 2.05) is 18.8 Å². The zero-order chi connectivity index (χ0) is 27.0. The van der Waals surface area contributed by atoms with Gasteiger partial charge in [0.2, 0.25) is 0 Å². The molecule has 0 radical (unpaired) electrons. The lowest BCUT2D eigenvalue weighted by Gasteiger charge is -2.22. The van der Waals surface area contributed by atoms with Gasteiger partial charge in [0.1, 0.15) is 0 Å². The molecule has 0 spiro atoms. The Labute approximate surface area is 216 Å². The van der Waals surface area contributed by atoms with Crippen LogP contribution >= 0.6 is 31.5 Å². The fourth-order valence-corrected chi connectivity index (χ4v) is 4.20. The molecule has 0 aliphatic carbocycles. The molecule has 6 atom stereocenters. The highest BCUT2D eigenvalue weighted by atomic mass is 32.2. The predicted octanol–water partition coefficient (Wildman–Crippen LogP) is 3.03. The van der Waals surface area contributed by atoms with Gasteiger partial charge in [0.15, 0.2) is 24.1 Å². The van der Waals surface area contributed by atoms with Crippen LogP contribution in [0.2, 0.25) is 0 Å². The number of allylic oxidation sites excluding steroid dienone is 1. The van der Waals surface area contributed by atoms with Crippen molar-refractivity contribution in [1.29, 1.82) is 0 Å². The molecule has 10 heteroatoms. The fourth-order valence-electron chi connectivity index (χ4n) is 2.34. The Morgan fingerprint density at radius 3 is 1.74 bits per heavy atom. The summed E-state index contributed by atoms with van der Waals surface area (Å²) in [6, 6.07) is 0. The summed E-state index contributed by atoms with van der Waals surface area (Å²) in [5, 5.41) is 10.1. The molecule has 0 fully saturated rings. The van der Waals surface area contributed by atoms with Crippen LogP contribution in [0.5, 0.6) is 0 Å². The molecule has 0 rings (SSSR count). The topological polar surface area (TPSA) is 99.1 Å². The zero-order valence-electron chi connectivity index (χ0n) is 20.9.